The first-order valence-electron chi connectivity index (χ1n) is 7.77. The van der Waals surface area contributed by atoms with Gasteiger partial charge in [-0.25, -0.2) is 0 Å². The van der Waals surface area contributed by atoms with Crippen LogP contribution in [0.5, 0.6) is 0 Å². The van der Waals surface area contributed by atoms with Crippen LogP contribution in [0.25, 0.3) is 0 Å². The summed E-state index contributed by atoms with van der Waals surface area (Å²) in [5.41, 5.74) is 2.02. The summed E-state index contributed by atoms with van der Waals surface area (Å²) >= 11 is 5.90. The molecule has 0 bridgehead atoms. The fraction of sp³-hybridized carbons (Fsp3) is 0.263. The van der Waals surface area contributed by atoms with Gasteiger partial charge in [0, 0.05) is 10.9 Å². The van der Waals surface area contributed by atoms with Gasteiger partial charge < -0.3 is 10.4 Å². The second kappa shape index (κ2) is 8.50. The highest BCUT2D eigenvalue weighted by atomic mass is 35.5. The number of aliphatic carboxylic acids is 1. The minimum absolute atomic E-state index is 0.260. The Hall–Kier alpha value is -2.33. The first kappa shape index (κ1) is 18.0. The van der Waals surface area contributed by atoms with E-state index in [1.54, 1.807) is 12.1 Å². The number of hydrogen-bond donors (Lipinski definition) is 2. The van der Waals surface area contributed by atoms with Gasteiger partial charge >= 0.3 is 5.97 Å². The Kier molecular flexibility index (Phi) is 6.38. The van der Waals surface area contributed by atoms with E-state index in [1.165, 1.54) is 6.92 Å². The van der Waals surface area contributed by atoms with Crippen LogP contribution in [0.2, 0.25) is 5.02 Å². The van der Waals surface area contributed by atoms with Gasteiger partial charge in [0.2, 0.25) is 5.91 Å². The van der Waals surface area contributed by atoms with E-state index in [2.05, 4.69) is 5.32 Å². The third-order valence-electron chi connectivity index (χ3n) is 3.82. The van der Waals surface area contributed by atoms with Crippen LogP contribution >= 0.6 is 11.6 Å². The second-order valence-electron chi connectivity index (χ2n) is 5.79. The Morgan fingerprint density at radius 2 is 1.54 bits per heavy atom. The highest BCUT2D eigenvalue weighted by Crippen LogP contribution is 2.17. The first-order chi connectivity index (χ1) is 11.5. The molecule has 2 aromatic carbocycles. The Morgan fingerprint density at radius 3 is 2.08 bits per heavy atom. The van der Waals surface area contributed by atoms with E-state index in [0.29, 0.717) is 17.9 Å². The zero-order valence-corrected chi connectivity index (χ0v) is 14.2. The van der Waals surface area contributed by atoms with Gasteiger partial charge in [0.25, 0.3) is 0 Å². The van der Waals surface area contributed by atoms with Gasteiger partial charge in [0.15, 0.2) is 0 Å². The summed E-state index contributed by atoms with van der Waals surface area (Å²) in [6.07, 6.45) is 1.06. The van der Waals surface area contributed by atoms with E-state index in [0.717, 1.165) is 11.1 Å². The van der Waals surface area contributed by atoms with Crippen LogP contribution in [-0.2, 0) is 22.4 Å². The molecule has 0 heterocycles. The number of halogens is 1. The maximum Gasteiger partial charge on any atom is 0.325 e. The quantitative estimate of drug-likeness (QED) is 0.808. The molecule has 0 aromatic heterocycles. The third kappa shape index (κ3) is 5.39. The predicted octanol–water partition coefficient (Wildman–Crippen LogP) is 3.33. The molecule has 2 N–H and O–H groups in total. The maximum atomic E-state index is 12.5. The lowest BCUT2D eigenvalue weighted by Crippen LogP contribution is -2.42. The van der Waals surface area contributed by atoms with Crippen molar-refractivity contribution in [1.29, 1.82) is 0 Å². The van der Waals surface area contributed by atoms with Crippen molar-refractivity contribution < 1.29 is 14.7 Å². The molecule has 24 heavy (non-hydrogen) atoms. The summed E-state index contributed by atoms with van der Waals surface area (Å²) in [6, 6.07) is 16.1. The smallest absolute Gasteiger partial charge is 0.325 e. The van der Waals surface area contributed by atoms with Crippen molar-refractivity contribution in [2.24, 2.45) is 5.92 Å². The molecule has 2 atom stereocenters. The van der Waals surface area contributed by atoms with Gasteiger partial charge in [-0.15, -0.1) is 0 Å². The van der Waals surface area contributed by atoms with Crippen LogP contribution in [-0.4, -0.2) is 23.0 Å². The largest absolute Gasteiger partial charge is 0.480 e. The molecule has 4 nitrogen and oxygen atoms in total. The zero-order chi connectivity index (χ0) is 17.5. The highest BCUT2D eigenvalue weighted by Gasteiger charge is 2.23. The lowest BCUT2D eigenvalue weighted by Gasteiger charge is -2.19. The molecule has 5 heteroatoms. The van der Waals surface area contributed by atoms with Gasteiger partial charge in [0.05, 0.1) is 0 Å². The SMILES string of the molecule is C[C@@H](NC(=O)C(Cc1ccccc1)Cc1ccc(Cl)cc1)C(=O)O. The third-order valence-corrected chi connectivity index (χ3v) is 4.07. The molecule has 0 saturated heterocycles. The van der Waals surface area contributed by atoms with Crippen molar-refractivity contribution in [2.45, 2.75) is 25.8 Å². The Bertz CT molecular complexity index is 686. The molecule has 0 aliphatic heterocycles. The molecular weight excluding hydrogens is 326 g/mol. The molecule has 0 radical (unpaired) electrons. The van der Waals surface area contributed by atoms with Crippen molar-refractivity contribution in [3.05, 3.63) is 70.7 Å². The standard InChI is InChI=1S/C19H20ClNO3/c1-13(19(23)24)21-18(22)16(11-14-5-3-2-4-6-14)12-15-7-9-17(20)10-8-15/h2-10,13,16H,11-12H2,1H3,(H,21,22)(H,23,24)/t13-,16?/m1/s1. The summed E-state index contributed by atoms with van der Waals surface area (Å²) in [6.45, 7) is 1.46. The number of amides is 1. The number of hydrogen-bond acceptors (Lipinski definition) is 2. The van der Waals surface area contributed by atoms with Crippen molar-refractivity contribution in [1.82, 2.24) is 5.32 Å². The van der Waals surface area contributed by atoms with Gasteiger partial charge in [0.1, 0.15) is 6.04 Å². The number of carboxylic acids is 1. The molecule has 2 aromatic rings. The van der Waals surface area contributed by atoms with Crippen LogP contribution < -0.4 is 5.32 Å². The second-order valence-corrected chi connectivity index (χ2v) is 6.22. The lowest BCUT2D eigenvalue weighted by atomic mass is 9.91. The average Bonchev–Trinajstić information content (AvgIpc) is 2.57. The van der Waals surface area contributed by atoms with E-state index in [1.807, 2.05) is 42.5 Å². The fourth-order valence-electron chi connectivity index (χ4n) is 2.45. The fourth-order valence-corrected chi connectivity index (χ4v) is 2.58. The Morgan fingerprint density at radius 1 is 1.00 bits per heavy atom. The van der Waals surface area contributed by atoms with Crippen LogP contribution in [0.15, 0.2) is 54.6 Å². The minimum Gasteiger partial charge on any atom is -0.480 e. The number of rotatable bonds is 7. The minimum atomic E-state index is -1.05. The summed E-state index contributed by atoms with van der Waals surface area (Å²) in [5.74, 6) is -1.66. The lowest BCUT2D eigenvalue weighted by molar-refractivity contribution is -0.141. The van der Waals surface area contributed by atoms with Crippen molar-refractivity contribution in [3.63, 3.8) is 0 Å². The average molecular weight is 346 g/mol. The van der Waals surface area contributed by atoms with E-state index in [-0.39, 0.29) is 11.8 Å². The number of carbonyl (C=O) groups is 2. The maximum absolute atomic E-state index is 12.5. The molecule has 0 saturated carbocycles. The Labute approximate surface area is 146 Å². The zero-order valence-electron chi connectivity index (χ0n) is 13.4. The number of carbonyl (C=O) groups excluding carboxylic acids is 1. The van der Waals surface area contributed by atoms with E-state index in [9.17, 15) is 9.59 Å². The predicted molar refractivity (Wildman–Crippen MR) is 94.0 cm³/mol. The van der Waals surface area contributed by atoms with Crippen molar-refractivity contribution in [2.75, 3.05) is 0 Å². The molecule has 126 valence electrons. The molecule has 0 aliphatic carbocycles. The van der Waals surface area contributed by atoms with Crippen molar-refractivity contribution >= 4 is 23.5 Å². The number of nitrogens with one attached hydrogen (secondary N) is 1. The summed E-state index contributed by atoms with van der Waals surface area (Å²) in [4.78, 5) is 23.5. The molecule has 1 amide bonds. The number of benzene rings is 2. The highest BCUT2D eigenvalue weighted by molar-refractivity contribution is 6.30. The van der Waals surface area contributed by atoms with Gasteiger partial charge in [-0.3, -0.25) is 9.59 Å². The van der Waals surface area contributed by atoms with E-state index in [4.69, 9.17) is 16.7 Å². The van der Waals surface area contributed by atoms with Gasteiger partial charge in [-0.2, -0.15) is 0 Å². The van der Waals surface area contributed by atoms with Gasteiger partial charge in [-0.1, -0.05) is 54.1 Å². The summed E-state index contributed by atoms with van der Waals surface area (Å²) in [5, 5.41) is 12.2. The van der Waals surface area contributed by atoms with Crippen LogP contribution in [0.1, 0.15) is 18.1 Å². The summed E-state index contributed by atoms with van der Waals surface area (Å²) < 4.78 is 0. The van der Waals surface area contributed by atoms with Crippen molar-refractivity contribution in [3.8, 4) is 0 Å². The molecule has 0 aliphatic rings. The van der Waals surface area contributed by atoms with Gasteiger partial charge in [-0.05, 0) is 43.0 Å². The normalized spacial score (nSPS) is 13.1. The first-order valence-corrected chi connectivity index (χ1v) is 8.15. The monoisotopic (exact) mass is 345 g/mol. The Balaban J connectivity index is 2.15. The topological polar surface area (TPSA) is 66.4 Å². The number of carboxylic acid groups (broad SMARTS) is 1. The van der Waals surface area contributed by atoms with E-state index >= 15 is 0 Å². The molecule has 1 unspecified atom stereocenters. The van der Waals surface area contributed by atoms with Crippen LogP contribution in [0, 0.1) is 5.92 Å². The molecular formula is C19H20ClNO3. The van der Waals surface area contributed by atoms with E-state index < -0.39 is 12.0 Å². The molecule has 2 rings (SSSR count). The molecule has 0 spiro atoms. The summed E-state index contributed by atoms with van der Waals surface area (Å²) in [7, 11) is 0. The molecule has 0 fully saturated rings. The van der Waals surface area contributed by atoms with Crippen LogP contribution in [0.4, 0.5) is 0 Å². The van der Waals surface area contributed by atoms with Crippen LogP contribution in [0.3, 0.4) is 0 Å².